The van der Waals surface area contributed by atoms with Gasteiger partial charge in [-0.05, 0) is 82.1 Å². The van der Waals surface area contributed by atoms with E-state index in [4.69, 9.17) is 4.74 Å². The fraction of sp³-hybridized carbons (Fsp3) is 0.333. The number of amides is 2. The molecule has 1 atom stereocenters. The molecular weight excluding hydrogens is 328 g/mol. The first kappa shape index (κ1) is 19.5. The van der Waals surface area contributed by atoms with Crippen LogP contribution < -0.4 is 15.4 Å². The minimum atomic E-state index is -0.638. The molecule has 0 spiro atoms. The summed E-state index contributed by atoms with van der Waals surface area (Å²) in [6, 6.07) is 12.6. The molecule has 26 heavy (non-hydrogen) atoms. The molecule has 1 unspecified atom stereocenters. The van der Waals surface area contributed by atoms with Crippen molar-refractivity contribution in [2.24, 2.45) is 0 Å². The Hall–Kier alpha value is -2.82. The molecular formula is C21H26N2O3. The maximum absolute atomic E-state index is 12.3. The Morgan fingerprint density at radius 1 is 0.923 bits per heavy atom. The van der Waals surface area contributed by atoms with E-state index in [2.05, 4.69) is 10.6 Å². The molecule has 0 radical (unpaired) electrons. The number of ether oxygens (including phenoxy) is 1. The lowest BCUT2D eigenvalue weighted by molar-refractivity contribution is -0.122. The van der Waals surface area contributed by atoms with Gasteiger partial charge >= 0.3 is 0 Å². The van der Waals surface area contributed by atoms with Gasteiger partial charge in [0.15, 0.2) is 6.10 Å². The number of carbonyl (C=O) groups excluding carboxylic acids is 2. The summed E-state index contributed by atoms with van der Waals surface area (Å²) in [6.45, 7) is 9.55. The first-order chi connectivity index (χ1) is 12.3. The lowest BCUT2D eigenvalue weighted by Crippen LogP contribution is -2.31. The van der Waals surface area contributed by atoms with E-state index in [-0.39, 0.29) is 17.9 Å². The van der Waals surface area contributed by atoms with Gasteiger partial charge in [-0.25, -0.2) is 0 Å². The molecule has 5 heteroatoms. The van der Waals surface area contributed by atoms with Gasteiger partial charge in [0.05, 0.1) is 0 Å². The number of hydrogen-bond donors (Lipinski definition) is 2. The zero-order chi connectivity index (χ0) is 19.3. The van der Waals surface area contributed by atoms with Gasteiger partial charge in [0.2, 0.25) is 0 Å². The summed E-state index contributed by atoms with van der Waals surface area (Å²) in [5.41, 5.74) is 3.46. The lowest BCUT2D eigenvalue weighted by atomic mass is 10.1. The van der Waals surface area contributed by atoms with E-state index >= 15 is 0 Å². The van der Waals surface area contributed by atoms with Crippen molar-refractivity contribution in [3.63, 3.8) is 0 Å². The number of benzene rings is 2. The highest BCUT2D eigenvalue weighted by atomic mass is 16.5. The third-order valence-corrected chi connectivity index (χ3v) is 3.99. The predicted molar refractivity (Wildman–Crippen MR) is 104 cm³/mol. The van der Waals surface area contributed by atoms with Gasteiger partial charge in [-0.3, -0.25) is 9.59 Å². The van der Waals surface area contributed by atoms with Crippen LogP contribution in [0.2, 0.25) is 0 Å². The van der Waals surface area contributed by atoms with Crippen LogP contribution in [0.1, 0.15) is 42.3 Å². The summed E-state index contributed by atoms with van der Waals surface area (Å²) in [7, 11) is 0. The third kappa shape index (κ3) is 5.34. The van der Waals surface area contributed by atoms with Crippen LogP contribution >= 0.6 is 0 Å². The number of carbonyl (C=O) groups is 2. The molecule has 0 saturated carbocycles. The Morgan fingerprint density at radius 2 is 1.58 bits per heavy atom. The molecule has 0 bridgehead atoms. The average Bonchev–Trinajstić information content (AvgIpc) is 2.58. The number of rotatable bonds is 6. The summed E-state index contributed by atoms with van der Waals surface area (Å²) in [5, 5.41) is 5.63. The van der Waals surface area contributed by atoms with Crippen LogP contribution in [0, 0.1) is 13.8 Å². The Balaban J connectivity index is 1.95. The average molecular weight is 354 g/mol. The van der Waals surface area contributed by atoms with Gasteiger partial charge < -0.3 is 15.4 Å². The van der Waals surface area contributed by atoms with Crippen molar-refractivity contribution in [1.29, 1.82) is 0 Å². The zero-order valence-electron chi connectivity index (χ0n) is 15.9. The van der Waals surface area contributed by atoms with Crippen LogP contribution in [-0.4, -0.2) is 24.0 Å². The van der Waals surface area contributed by atoms with Crippen LogP contribution in [0.15, 0.2) is 42.5 Å². The zero-order valence-corrected chi connectivity index (χ0v) is 15.9. The van der Waals surface area contributed by atoms with Crippen LogP contribution in [0.4, 0.5) is 5.69 Å². The van der Waals surface area contributed by atoms with E-state index in [1.165, 1.54) is 5.56 Å². The number of aryl methyl sites for hydroxylation is 2. The minimum absolute atomic E-state index is 0.0743. The Morgan fingerprint density at radius 3 is 2.15 bits per heavy atom. The van der Waals surface area contributed by atoms with Gasteiger partial charge in [0.1, 0.15) is 5.75 Å². The van der Waals surface area contributed by atoms with Crippen molar-refractivity contribution in [2.75, 3.05) is 5.32 Å². The maximum Gasteiger partial charge on any atom is 0.265 e. The van der Waals surface area contributed by atoms with Gasteiger partial charge in [-0.15, -0.1) is 0 Å². The normalized spacial score (nSPS) is 11.8. The van der Waals surface area contributed by atoms with Crippen molar-refractivity contribution < 1.29 is 14.3 Å². The summed E-state index contributed by atoms with van der Waals surface area (Å²) >= 11 is 0. The molecule has 0 heterocycles. The molecule has 2 aromatic carbocycles. The quantitative estimate of drug-likeness (QED) is 0.828. The predicted octanol–water partition coefficient (Wildman–Crippen LogP) is 3.85. The molecule has 0 aromatic heterocycles. The molecule has 138 valence electrons. The van der Waals surface area contributed by atoms with Gasteiger partial charge in [-0.1, -0.05) is 6.07 Å². The lowest BCUT2D eigenvalue weighted by Gasteiger charge is -2.16. The Labute approximate surface area is 154 Å². The molecule has 0 saturated heterocycles. The summed E-state index contributed by atoms with van der Waals surface area (Å²) in [5.74, 6) is 0.281. The fourth-order valence-electron chi connectivity index (χ4n) is 2.34. The van der Waals surface area contributed by atoms with E-state index in [0.717, 1.165) is 5.56 Å². The second-order valence-corrected chi connectivity index (χ2v) is 6.70. The fourth-order valence-corrected chi connectivity index (χ4v) is 2.34. The SMILES string of the molecule is Cc1ccc(OC(C)C(=O)Nc2ccc(C(=O)NC(C)C)cc2)cc1C. The van der Waals surface area contributed by atoms with Crippen molar-refractivity contribution in [3.05, 3.63) is 59.2 Å². The van der Waals surface area contributed by atoms with Crippen molar-refractivity contribution >= 4 is 17.5 Å². The highest BCUT2D eigenvalue weighted by molar-refractivity contribution is 5.96. The Bertz CT molecular complexity index is 782. The molecule has 2 rings (SSSR count). The van der Waals surface area contributed by atoms with E-state index in [0.29, 0.717) is 17.0 Å². The topological polar surface area (TPSA) is 67.4 Å². The van der Waals surface area contributed by atoms with E-state index in [1.807, 2.05) is 45.9 Å². The van der Waals surface area contributed by atoms with E-state index in [9.17, 15) is 9.59 Å². The van der Waals surface area contributed by atoms with E-state index in [1.54, 1.807) is 31.2 Å². The van der Waals surface area contributed by atoms with Crippen LogP contribution in [-0.2, 0) is 4.79 Å². The first-order valence-corrected chi connectivity index (χ1v) is 8.72. The largest absolute Gasteiger partial charge is 0.481 e. The summed E-state index contributed by atoms with van der Waals surface area (Å²) < 4.78 is 5.71. The number of nitrogens with one attached hydrogen (secondary N) is 2. The van der Waals surface area contributed by atoms with E-state index < -0.39 is 6.10 Å². The Kier molecular flexibility index (Phi) is 6.39. The second-order valence-electron chi connectivity index (χ2n) is 6.70. The summed E-state index contributed by atoms with van der Waals surface area (Å²) in [4.78, 5) is 24.3. The molecule has 0 aliphatic heterocycles. The molecule has 2 amide bonds. The number of hydrogen-bond acceptors (Lipinski definition) is 3. The van der Waals surface area contributed by atoms with Crippen LogP contribution in [0.5, 0.6) is 5.75 Å². The minimum Gasteiger partial charge on any atom is -0.481 e. The third-order valence-electron chi connectivity index (χ3n) is 3.99. The molecule has 0 aliphatic rings. The first-order valence-electron chi connectivity index (χ1n) is 8.72. The molecule has 2 N–H and O–H groups in total. The maximum atomic E-state index is 12.3. The standard InChI is InChI=1S/C21H26N2O3/c1-13(2)22-21(25)17-7-9-18(10-8-17)23-20(24)16(5)26-19-11-6-14(3)15(4)12-19/h6-13,16H,1-5H3,(H,22,25)(H,23,24). The number of anilines is 1. The van der Waals surface area contributed by atoms with Crippen LogP contribution in [0.25, 0.3) is 0 Å². The van der Waals surface area contributed by atoms with Gasteiger partial charge in [0.25, 0.3) is 11.8 Å². The van der Waals surface area contributed by atoms with Crippen molar-refractivity contribution in [3.8, 4) is 5.75 Å². The highest BCUT2D eigenvalue weighted by Gasteiger charge is 2.15. The highest BCUT2D eigenvalue weighted by Crippen LogP contribution is 2.18. The summed E-state index contributed by atoms with van der Waals surface area (Å²) in [6.07, 6.45) is -0.638. The van der Waals surface area contributed by atoms with Crippen molar-refractivity contribution in [1.82, 2.24) is 5.32 Å². The molecule has 0 fully saturated rings. The monoisotopic (exact) mass is 354 g/mol. The van der Waals surface area contributed by atoms with Gasteiger partial charge in [-0.2, -0.15) is 0 Å². The molecule has 0 aliphatic carbocycles. The molecule has 5 nitrogen and oxygen atoms in total. The van der Waals surface area contributed by atoms with Crippen molar-refractivity contribution in [2.45, 2.75) is 46.8 Å². The molecule has 2 aromatic rings. The van der Waals surface area contributed by atoms with Gasteiger partial charge in [0, 0.05) is 17.3 Å². The smallest absolute Gasteiger partial charge is 0.265 e. The second kappa shape index (κ2) is 8.52. The van der Waals surface area contributed by atoms with Crippen LogP contribution in [0.3, 0.4) is 0 Å².